The zero-order chi connectivity index (χ0) is 26.7. The first-order valence-corrected chi connectivity index (χ1v) is 12.9. The number of nitrogens with zero attached hydrogens (tertiary/aromatic N) is 5. The average Bonchev–Trinajstić information content (AvgIpc) is 3.87. The number of ether oxygens (including phenoxy) is 1. The van der Waals surface area contributed by atoms with E-state index in [1.54, 1.807) is 11.7 Å². The largest absolute Gasteiger partial charge is 0.480 e. The molecule has 2 fully saturated rings. The zero-order valence-corrected chi connectivity index (χ0v) is 21.1. The third-order valence-corrected chi connectivity index (χ3v) is 7.29. The van der Waals surface area contributed by atoms with Gasteiger partial charge in [0.2, 0.25) is 11.8 Å². The van der Waals surface area contributed by atoms with Crippen LogP contribution in [0.1, 0.15) is 60.2 Å². The minimum atomic E-state index is -4.47. The highest BCUT2D eigenvalue weighted by atomic mass is 19.4. The molecule has 0 radical (unpaired) electrons. The number of aromatic nitrogens is 5. The molecule has 198 valence electrons. The van der Waals surface area contributed by atoms with Crippen molar-refractivity contribution in [1.82, 2.24) is 24.5 Å². The number of para-hydroxylation sites is 1. The van der Waals surface area contributed by atoms with E-state index >= 15 is 0 Å². The van der Waals surface area contributed by atoms with Crippen LogP contribution in [0.3, 0.4) is 0 Å². The molecule has 0 atom stereocenters. The van der Waals surface area contributed by atoms with Gasteiger partial charge >= 0.3 is 6.18 Å². The lowest BCUT2D eigenvalue weighted by molar-refractivity contribution is -0.140. The molecule has 0 spiro atoms. The van der Waals surface area contributed by atoms with E-state index in [0.29, 0.717) is 46.6 Å². The Hall–Kier alpha value is -4.21. The summed E-state index contributed by atoms with van der Waals surface area (Å²) in [5.41, 5.74) is 4.75. The van der Waals surface area contributed by atoms with E-state index in [1.807, 2.05) is 42.5 Å². The van der Waals surface area contributed by atoms with E-state index in [9.17, 15) is 13.2 Å². The fourth-order valence-corrected chi connectivity index (χ4v) is 5.03. The predicted molar refractivity (Wildman–Crippen MR) is 137 cm³/mol. The third kappa shape index (κ3) is 4.43. The van der Waals surface area contributed by atoms with E-state index in [4.69, 9.17) is 14.1 Å². The summed E-state index contributed by atoms with van der Waals surface area (Å²) < 4.78 is 53.3. The Bertz CT molecular complexity index is 1680. The fourth-order valence-electron chi connectivity index (χ4n) is 5.03. The zero-order valence-electron chi connectivity index (χ0n) is 21.1. The van der Waals surface area contributed by atoms with Gasteiger partial charge in [0.15, 0.2) is 11.3 Å². The van der Waals surface area contributed by atoms with Crippen LogP contribution in [-0.2, 0) is 12.6 Å². The van der Waals surface area contributed by atoms with E-state index < -0.39 is 11.9 Å². The van der Waals surface area contributed by atoms with Crippen LogP contribution in [-0.4, -0.2) is 31.6 Å². The molecule has 2 aliphatic carbocycles. The number of imidazole rings is 1. The van der Waals surface area contributed by atoms with Gasteiger partial charge in [-0.25, -0.2) is 19.9 Å². The molecule has 0 N–H and O–H groups in total. The molecule has 0 saturated heterocycles. The molecule has 0 aliphatic heterocycles. The molecule has 2 aliphatic rings. The maximum absolute atomic E-state index is 13.3. The molecule has 0 amide bonds. The lowest BCUT2D eigenvalue weighted by Crippen LogP contribution is -2.05. The molecular weight excluding hydrogens is 507 g/mol. The van der Waals surface area contributed by atoms with E-state index in [2.05, 4.69) is 15.0 Å². The van der Waals surface area contributed by atoms with Gasteiger partial charge in [0.25, 0.3) is 0 Å². The molecule has 7 rings (SSSR count). The number of alkyl halides is 3. The SMILES string of the molecule is COc1ncnc(C2CC2)c1-c1nc2c(Cc3ccc(-c4nc(C(F)(F)F)cn4C4CC4)cc3)cccc2o1. The van der Waals surface area contributed by atoms with Crippen molar-refractivity contribution in [3.8, 4) is 28.7 Å². The standard InChI is InChI=1S/C29H24F3N5O2/c1-38-27-23(25(17-9-10-17)33-15-34-27)28-36-24-19(3-2-4-21(24)39-28)13-16-5-7-18(8-6-16)26-35-22(29(30,31)32)14-37(26)20-11-12-20/h2-8,14-15,17,20H,9-13H2,1H3. The second-order valence-electron chi connectivity index (χ2n) is 10.2. The van der Waals surface area contributed by atoms with Crippen LogP contribution in [0, 0.1) is 0 Å². The van der Waals surface area contributed by atoms with Crippen molar-refractivity contribution in [2.45, 2.75) is 50.2 Å². The summed E-state index contributed by atoms with van der Waals surface area (Å²) >= 11 is 0. The molecule has 2 aromatic carbocycles. The minimum absolute atomic E-state index is 0.0799. The van der Waals surface area contributed by atoms with Crippen molar-refractivity contribution in [3.05, 3.63) is 77.5 Å². The van der Waals surface area contributed by atoms with Crippen LogP contribution in [0.15, 0.2) is 59.4 Å². The maximum Gasteiger partial charge on any atom is 0.434 e. The molecule has 3 heterocycles. The summed E-state index contributed by atoms with van der Waals surface area (Å²) in [7, 11) is 1.57. The summed E-state index contributed by atoms with van der Waals surface area (Å²) in [6.07, 6.45) is 2.60. The Balaban J connectivity index is 1.20. The van der Waals surface area contributed by atoms with Crippen LogP contribution >= 0.6 is 0 Å². The summed E-state index contributed by atoms with van der Waals surface area (Å²) in [4.78, 5) is 17.5. The van der Waals surface area contributed by atoms with Gasteiger partial charge in [-0.1, -0.05) is 36.4 Å². The number of hydrogen-bond acceptors (Lipinski definition) is 6. The number of halogens is 3. The van der Waals surface area contributed by atoms with E-state index in [1.165, 1.54) is 6.33 Å². The Kier molecular flexibility index (Phi) is 5.47. The lowest BCUT2D eigenvalue weighted by Gasteiger charge is -2.08. The van der Waals surface area contributed by atoms with E-state index in [-0.39, 0.29) is 6.04 Å². The van der Waals surface area contributed by atoms with Crippen LogP contribution in [0.4, 0.5) is 13.2 Å². The first kappa shape index (κ1) is 23.9. The Labute approximate surface area is 221 Å². The molecule has 5 aromatic rings. The first-order valence-electron chi connectivity index (χ1n) is 12.9. The minimum Gasteiger partial charge on any atom is -0.480 e. The van der Waals surface area contributed by atoms with Crippen molar-refractivity contribution in [2.75, 3.05) is 7.11 Å². The molecule has 7 nitrogen and oxygen atoms in total. The van der Waals surface area contributed by atoms with Gasteiger partial charge in [-0.3, -0.25) is 0 Å². The summed E-state index contributed by atoms with van der Waals surface area (Å²) in [6.45, 7) is 0. The number of fused-ring (bicyclic) bond motifs is 1. The molecule has 3 aromatic heterocycles. The van der Waals surface area contributed by atoms with Crippen LogP contribution < -0.4 is 4.74 Å². The number of hydrogen-bond donors (Lipinski definition) is 0. The topological polar surface area (TPSA) is 78.9 Å². The van der Waals surface area contributed by atoms with Gasteiger partial charge in [-0.15, -0.1) is 0 Å². The molecular formula is C29H24F3N5O2. The molecule has 0 unspecified atom stereocenters. The van der Waals surface area contributed by atoms with Gasteiger partial charge in [-0.05, 0) is 49.3 Å². The van der Waals surface area contributed by atoms with Gasteiger partial charge in [0.1, 0.15) is 23.2 Å². The number of rotatable bonds is 7. The molecule has 2 saturated carbocycles. The van der Waals surface area contributed by atoms with Crippen LogP contribution in [0.2, 0.25) is 0 Å². The van der Waals surface area contributed by atoms with Crippen molar-refractivity contribution in [1.29, 1.82) is 0 Å². The van der Waals surface area contributed by atoms with Crippen LogP contribution in [0.25, 0.3) is 33.9 Å². The second-order valence-corrected chi connectivity index (χ2v) is 10.2. The first-order chi connectivity index (χ1) is 18.9. The highest BCUT2D eigenvalue weighted by molar-refractivity contribution is 5.81. The van der Waals surface area contributed by atoms with E-state index in [0.717, 1.165) is 54.2 Å². The summed E-state index contributed by atoms with van der Waals surface area (Å²) in [5, 5.41) is 0. The number of oxazole rings is 1. The normalized spacial score (nSPS) is 15.7. The Morgan fingerprint density at radius 1 is 1.00 bits per heavy atom. The quantitative estimate of drug-likeness (QED) is 0.226. The molecule has 0 bridgehead atoms. The predicted octanol–water partition coefficient (Wildman–Crippen LogP) is 6.98. The summed E-state index contributed by atoms with van der Waals surface area (Å²) in [6, 6.07) is 13.4. The van der Waals surface area contributed by atoms with Crippen molar-refractivity contribution in [2.24, 2.45) is 0 Å². The highest BCUT2D eigenvalue weighted by Gasteiger charge is 2.37. The lowest BCUT2D eigenvalue weighted by atomic mass is 10.0. The fraction of sp³-hybridized carbons (Fsp3) is 0.310. The molecule has 10 heteroatoms. The summed E-state index contributed by atoms with van der Waals surface area (Å²) in [5.74, 6) is 1.58. The van der Waals surface area contributed by atoms with Crippen molar-refractivity contribution < 1.29 is 22.3 Å². The Morgan fingerprint density at radius 3 is 2.49 bits per heavy atom. The maximum atomic E-state index is 13.3. The van der Waals surface area contributed by atoms with Gasteiger partial charge in [0.05, 0.1) is 12.8 Å². The third-order valence-electron chi connectivity index (χ3n) is 7.29. The van der Waals surface area contributed by atoms with Gasteiger partial charge < -0.3 is 13.7 Å². The number of methoxy groups -OCH3 is 1. The van der Waals surface area contributed by atoms with Crippen molar-refractivity contribution in [3.63, 3.8) is 0 Å². The average molecular weight is 532 g/mol. The van der Waals surface area contributed by atoms with Gasteiger partial charge in [0, 0.05) is 23.7 Å². The van der Waals surface area contributed by atoms with Crippen LogP contribution in [0.5, 0.6) is 5.88 Å². The highest BCUT2D eigenvalue weighted by Crippen LogP contribution is 2.46. The Morgan fingerprint density at radius 2 is 1.79 bits per heavy atom. The second kappa shape index (κ2) is 8.93. The van der Waals surface area contributed by atoms with Crippen molar-refractivity contribution >= 4 is 11.1 Å². The smallest absolute Gasteiger partial charge is 0.434 e. The van der Waals surface area contributed by atoms with Gasteiger partial charge in [-0.2, -0.15) is 13.2 Å². The monoisotopic (exact) mass is 531 g/mol. The number of benzene rings is 2. The molecule has 39 heavy (non-hydrogen) atoms.